The van der Waals surface area contributed by atoms with E-state index in [1.165, 1.54) is 39.5 Å². The third-order valence-electron chi connectivity index (χ3n) is 3.47. The van der Waals surface area contributed by atoms with Crippen LogP contribution in [0.1, 0.15) is 12.5 Å². The Bertz CT molecular complexity index is 836. The van der Waals surface area contributed by atoms with Crippen LogP contribution in [0.15, 0.2) is 42.6 Å². The van der Waals surface area contributed by atoms with Crippen LogP contribution in [-0.2, 0) is 14.3 Å². The highest BCUT2D eigenvalue weighted by Gasteiger charge is 2.17. The van der Waals surface area contributed by atoms with E-state index in [1.54, 1.807) is 30.3 Å². The maximum Gasteiger partial charge on any atom is 0.331 e. The Morgan fingerprint density at radius 3 is 2.59 bits per heavy atom. The van der Waals surface area contributed by atoms with Crippen LogP contribution >= 0.6 is 11.6 Å². The third-order valence-corrected chi connectivity index (χ3v) is 3.70. The SMILES string of the molecule is COc1cccc(/C=C/C(=O)O[C@H](C)C(=O)Nc2ccc(Cl)cn2)c1OC. The standard InChI is InChI=1S/C19H19ClN2O5/c1-12(19(24)22-16-9-8-14(20)11-21-16)27-17(23)10-7-13-5-4-6-15(25-2)18(13)26-3/h4-12H,1-3H3,(H,21,22,24)/b10-7+/t12-/m1/s1. The molecular weight excluding hydrogens is 372 g/mol. The van der Waals surface area contributed by atoms with Gasteiger partial charge in [-0.1, -0.05) is 23.7 Å². The molecule has 142 valence electrons. The number of nitrogens with one attached hydrogen (secondary N) is 1. The summed E-state index contributed by atoms with van der Waals surface area (Å²) >= 11 is 5.74. The predicted molar refractivity (Wildman–Crippen MR) is 102 cm³/mol. The molecule has 1 amide bonds. The fourth-order valence-corrected chi connectivity index (χ4v) is 2.26. The highest BCUT2D eigenvalue weighted by molar-refractivity contribution is 6.30. The number of amides is 1. The average molecular weight is 391 g/mol. The van der Waals surface area contributed by atoms with E-state index < -0.39 is 18.0 Å². The average Bonchev–Trinajstić information content (AvgIpc) is 2.67. The van der Waals surface area contributed by atoms with E-state index in [0.29, 0.717) is 27.9 Å². The number of ether oxygens (including phenoxy) is 3. The Kier molecular flexibility index (Phi) is 7.19. The number of rotatable bonds is 7. The summed E-state index contributed by atoms with van der Waals surface area (Å²) in [5.74, 6) is 0.154. The largest absolute Gasteiger partial charge is 0.493 e. The van der Waals surface area contributed by atoms with E-state index in [0.717, 1.165) is 0 Å². The van der Waals surface area contributed by atoms with Crippen molar-refractivity contribution < 1.29 is 23.8 Å². The number of nitrogens with zero attached hydrogens (tertiary/aromatic N) is 1. The summed E-state index contributed by atoms with van der Waals surface area (Å²) in [4.78, 5) is 28.0. The molecule has 1 aromatic carbocycles. The zero-order chi connectivity index (χ0) is 19.8. The number of pyridine rings is 1. The van der Waals surface area contributed by atoms with E-state index in [9.17, 15) is 9.59 Å². The van der Waals surface area contributed by atoms with Gasteiger partial charge < -0.3 is 19.5 Å². The number of carbonyl (C=O) groups excluding carboxylic acids is 2. The molecule has 0 spiro atoms. The zero-order valence-electron chi connectivity index (χ0n) is 15.1. The van der Waals surface area contributed by atoms with Crippen LogP contribution in [0.3, 0.4) is 0 Å². The number of halogens is 1. The smallest absolute Gasteiger partial charge is 0.331 e. The predicted octanol–water partition coefficient (Wildman–Crippen LogP) is 3.34. The first-order valence-electron chi connectivity index (χ1n) is 7.96. The van der Waals surface area contributed by atoms with Gasteiger partial charge >= 0.3 is 5.97 Å². The van der Waals surface area contributed by atoms with Crippen molar-refractivity contribution in [1.82, 2.24) is 4.98 Å². The van der Waals surface area contributed by atoms with Crippen molar-refractivity contribution in [2.24, 2.45) is 0 Å². The molecule has 1 heterocycles. The highest BCUT2D eigenvalue weighted by Crippen LogP contribution is 2.31. The van der Waals surface area contributed by atoms with E-state index in [4.69, 9.17) is 25.8 Å². The zero-order valence-corrected chi connectivity index (χ0v) is 15.8. The monoisotopic (exact) mass is 390 g/mol. The molecule has 2 rings (SSSR count). The van der Waals surface area contributed by atoms with E-state index in [2.05, 4.69) is 10.3 Å². The van der Waals surface area contributed by atoms with Crippen molar-refractivity contribution in [2.75, 3.05) is 19.5 Å². The summed E-state index contributed by atoms with van der Waals surface area (Å²) in [6.07, 6.45) is 3.13. The maximum atomic E-state index is 12.1. The number of carbonyl (C=O) groups is 2. The Morgan fingerprint density at radius 2 is 1.96 bits per heavy atom. The molecular formula is C19H19ClN2O5. The normalized spacial score (nSPS) is 11.7. The molecule has 0 radical (unpaired) electrons. The summed E-state index contributed by atoms with van der Waals surface area (Å²) < 4.78 is 15.6. The second-order valence-corrected chi connectivity index (χ2v) is 5.78. The number of hydrogen-bond acceptors (Lipinski definition) is 6. The van der Waals surface area contributed by atoms with Gasteiger partial charge in [-0.25, -0.2) is 9.78 Å². The second-order valence-electron chi connectivity index (χ2n) is 5.35. The lowest BCUT2D eigenvalue weighted by atomic mass is 10.1. The minimum absolute atomic E-state index is 0.309. The molecule has 0 bridgehead atoms. The molecule has 2 aromatic rings. The lowest BCUT2D eigenvalue weighted by Crippen LogP contribution is -2.29. The van der Waals surface area contributed by atoms with Gasteiger partial charge in [0.2, 0.25) is 0 Å². The van der Waals surface area contributed by atoms with Gasteiger partial charge in [0, 0.05) is 17.8 Å². The van der Waals surface area contributed by atoms with E-state index in [1.807, 2.05) is 0 Å². The van der Waals surface area contributed by atoms with Gasteiger partial charge in [0.15, 0.2) is 17.6 Å². The van der Waals surface area contributed by atoms with Crippen molar-refractivity contribution in [2.45, 2.75) is 13.0 Å². The first kappa shape index (κ1) is 20.3. The molecule has 0 aliphatic heterocycles. The Balaban J connectivity index is 1.97. The lowest BCUT2D eigenvalue weighted by molar-refractivity contribution is -0.148. The number of hydrogen-bond donors (Lipinski definition) is 1. The lowest BCUT2D eigenvalue weighted by Gasteiger charge is -2.12. The summed E-state index contributed by atoms with van der Waals surface area (Å²) in [7, 11) is 3.03. The van der Waals surface area contributed by atoms with Crippen molar-refractivity contribution in [1.29, 1.82) is 0 Å². The van der Waals surface area contributed by atoms with Gasteiger partial charge in [-0.2, -0.15) is 0 Å². The number of anilines is 1. The van der Waals surface area contributed by atoms with Gasteiger partial charge in [0.1, 0.15) is 5.82 Å². The van der Waals surface area contributed by atoms with Gasteiger partial charge in [-0.15, -0.1) is 0 Å². The van der Waals surface area contributed by atoms with Crippen LogP contribution in [0.2, 0.25) is 5.02 Å². The minimum Gasteiger partial charge on any atom is -0.493 e. The molecule has 1 N–H and O–H groups in total. The van der Waals surface area contributed by atoms with Crippen LogP contribution in [0.4, 0.5) is 5.82 Å². The van der Waals surface area contributed by atoms with Crippen LogP contribution in [0, 0.1) is 0 Å². The fraction of sp³-hybridized carbons (Fsp3) is 0.211. The van der Waals surface area contributed by atoms with Crippen LogP contribution in [0.25, 0.3) is 6.08 Å². The number of benzene rings is 1. The molecule has 1 atom stereocenters. The fourth-order valence-electron chi connectivity index (χ4n) is 2.15. The van der Waals surface area contributed by atoms with E-state index in [-0.39, 0.29) is 0 Å². The molecule has 8 heteroatoms. The van der Waals surface area contributed by atoms with Crippen LogP contribution < -0.4 is 14.8 Å². The van der Waals surface area contributed by atoms with Gasteiger partial charge in [0.05, 0.1) is 19.2 Å². The number of esters is 1. The molecule has 0 fully saturated rings. The van der Waals surface area contributed by atoms with Crippen LogP contribution in [0.5, 0.6) is 11.5 Å². The molecule has 0 unspecified atom stereocenters. The van der Waals surface area contributed by atoms with Crippen molar-refractivity contribution in [3.8, 4) is 11.5 Å². The highest BCUT2D eigenvalue weighted by atomic mass is 35.5. The topological polar surface area (TPSA) is 86.8 Å². The molecule has 0 aliphatic carbocycles. The number of para-hydroxylation sites is 1. The summed E-state index contributed by atoms with van der Waals surface area (Å²) in [6.45, 7) is 1.46. The van der Waals surface area contributed by atoms with Crippen molar-refractivity contribution in [3.05, 3.63) is 53.2 Å². The third kappa shape index (κ3) is 5.72. The second kappa shape index (κ2) is 9.59. The molecule has 27 heavy (non-hydrogen) atoms. The van der Waals surface area contributed by atoms with Crippen LogP contribution in [-0.4, -0.2) is 37.2 Å². The summed E-state index contributed by atoms with van der Waals surface area (Å²) in [5.41, 5.74) is 0.635. The van der Waals surface area contributed by atoms with Gasteiger partial charge in [-0.3, -0.25) is 4.79 Å². The number of aromatic nitrogens is 1. The Labute approximate surface area is 161 Å². The Morgan fingerprint density at radius 1 is 1.19 bits per heavy atom. The summed E-state index contributed by atoms with van der Waals surface area (Å²) in [5, 5.41) is 2.98. The summed E-state index contributed by atoms with van der Waals surface area (Å²) in [6, 6.07) is 8.40. The quantitative estimate of drug-likeness (QED) is 0.576. The molecule has 0 saturated heterocycles. The van der Waals surface area contributed by atoms with Gasteiger partial charge in [0.25, 0.3) is 5.91 Å². The maximum absolute atomic E-state index is 12.1. The van der Waals surface area contributed by atoms with Crippen molar-refractivity contribution >= 4 is 35.4 Å². The molecule has 7 nitrogen and oxygen atoms in total. The first-order chi connectivity index (χ1) is 12.9. The first-order valence-corrected chi connectivity index (χ1v) is 8.34. The molecule has 1 aromatic heterocycles. The Hall–Kier alpha value is -3.06. The minimum atomic E-state index is -1.01. The molecule has 0 aliphatic rings. The van der Waals surface area contributed by atoms with Gasteiger partial charge in [-0.05, 0) is 31.2 Å². The number of methoxy groups -OCH3 is 2. The molecule has 0 saturated carbocycles. The van der Waals surface area contributed by atoms with Crippen molar-refractivity contribution in [3.63, 3.8) is 0 Å². The van der Waals surface area contributed by atoms with E-state index >= 15 is 0 Å².